The molecule has 1 aromatic carbocycles. The van der Waals surface area contributed by atoms with Gasteiger partial charge >= 0.3 is 6.18 Å². The maximum absolute atomic E-state index is 13.8. The molecule has 0 radical (unpaired) electrons. The molecule has 1 amide bonds. The monoisotopic (exact) mass is 451 g/mol. The lowest BCUT2D eigenvalue weighted by molar-refractivity contribution is -0.173. The Balaban J connectivity index is 1.66. The summed E-state index contributed by atoms with van der Waals surface area (Å²) >= 11 is 5.93. The molecule has 1 aliphatic heterocycles. The Kier molecular flexibility index (Phi) is 5.48. The van der Waals surface area contributed by atoms with Crippen LogP contribution in [0, 0.1) is 0 Å². The molecule has 0 spiro atoms. The van der Waals surface area contributed by atoms with Crippen molar-refractivity contribution >= 4 is 29.0 Å². The predicted octanol–water partition coefficient (Wildman–Crippen LogP) is 4.85. The van der Waals surface area contributed by atoms with E-state index in [2.05, 4.69) is 20.7 Å². The van der Waals surface area contributed by atoms with Gasteiger partial charge in [-0.25, -0.2) is 9.67 Å². The van der Waals surface area contributed by atoms with E-state index in [9.17, 15) is 18.0 Å². The Morgan fingerprint density at radius 1 is 1.29 bits per heavy atom. The number of aromatic nitrogens is 3. The van der Waals surface area contributed by atoms with Crippen molar-refractivity contribution in [3.63, 3.8) is 0 Å². The molecule has 2 aromatic heterocycles. The lowest BCUT2D eigenvalue weighted by atomic mass is 9.97. The van der Waals surface area contributed by atoms with Crippen molar-refractivity contribution in [3.05, 3.63) is 65.1 Å². The summed E-state index contributed by atoms with van der Waals surface area (Å²) in [6, 6.07) is 8.65. The van der Waals surface area contributed by atoms with Gasteiger partial charge < -0.3 is 15.4 Å². The van der Waals surface area contributed by atoms with Gasteiger partial charge in [-0.05, 0) is 29.8 Å². The molecule has 0 saturated heterocycles. The van der Waals surface area contributed by atoms with Crippen LogP contribution in [0.4, 0.5) is 24.7 Å². The van der Waals surface area contributed by atoms with Gasteiger partial charge in [0.15, 0.2) is 16.9 Å². The average molecular weight is 452 g/mol. The van der Waals surface area contributed by atoms with E-state index in [1.807, 2.05) is 0 Å². The van der Waals surface area contributed by atoms with Crippen molar-refractivity contribution in [2.24, 2.45) is 0 Å². The number of rotatable bonds is 4. The van der Waals surface area contributed by atoms with Crippen LogP contribution in [-0.4, -0.2) is 34.0 Å². The fourth-order valence-electron chi connectivity index (χ4n) is 3.43. The van der Waals surface area contributed by atoms with Gasteiger partial charge in [-0.1, -0.05) is 23.7 Å². The van der Waals surface area contributed by atoms with Crippen LogP contribution in [0.15, 0.2) is 48.7 Å². The molecule has 3 aromatic rings. The summed E-state index contributed by atoms with van der Waals surface area (Å²) in [6.45, 7) is 0. The van der Waals surface area contributed by atoms with Gasteiger partial charge in [0.1, 0.15) is 11.6 Å². The van der Waals surface area contributed by atoms with E-state index >= 15 is 0 Å². The van der Waals surface area contributed by atoms with Crippen molar-refractivity contribution in [3.8, 4) is 5.75 Å². The van der Waals surface area contributed by atoms with Crippen LogP contribution in [0.25, 0.3) is 0 Å². The number of nitrogens with one attached hydrogen (secondary N) is 2. The first-order valence-corrected chi connectivity index (χ1v) is 9.62. The smallest absolute Gasteiger partial charge is 0.410 e. The zero-order chi connectivity index (χ0) is 22.2. The van der Waals surface area contributed by atoms with Gasteiger partial charge in [-0.3, -0.25) is 4.79 Å². The number of fused-ring (bicyclic) bond motifs is 1. The normalized spacial score (nSPS) is 18.1. The second-order valence-corrected chi connectivity index (χ2v) is 7.28. The number of carbonyl (C=O) groups is 1. The molecule has 11 heteroatoms. The maximum Gasteiger partial charge on any atom is 0.410 e. The van der Waals surface area contributed by atoms with Crippen LogP contribution in [0.2, 0.25) is 5.15 Å². The third kappa shape index (κ3) is 4.29. The van der Waals surface area contributed by atoms with E-state index in [4.69, 9.17) is 16.3 Å². The number of halogens is 4. The third-order valence-electron chi connectivity index (χ3n) is 4.93. The van der Waals surface area contributed by atoms with E-state index in [0.29, 0.717) is 11.3 Å². The molecular weight excluding hydrogens is 435 g/mol. The first kappa shape index (κ1) is 21.0. The molecule has 1 aliphatic rings. The number of pyridine rings is 1. The predicted molar refractivity (Wildman–Crippen MR) is 108 cm³/mol. The number of benzene rings is 1. The second kappa shape index (κ2) is 8.10. The molecule has 7 nitrogen and oxygen atoms in total. The summed E-state index contributed by atoms with van der Waals surface area (Å²) in [5, 5.41) is 9.54. The first-order chi connectivity index (χ1) is 14.8. The van der Waals surface area contributed by atoms with Crippen LogP contribution in [0.1, 0.15) is 34.6 Å². The molecule has 0 fully saturated rings. The molecule has 2 atom stereocenters. The maximum atomic E-state index is 13.8. The number of alkyl halides is 3. The highest BCUT2D eigenvalue weighted by Crippen LogP contribution is 2.44. The number of hydrogen-bond acceptors (Lipinski definition) is 5. The van der Waals surface area contributed by atoms with Crippen LogP contribution in [-0.2, 0) is 0 Å². The molecule has 2 N–H and O–H groups in total. The quantitative estimate of drug-likeness (QED) is 0.554. The molecule has 4 rings (SSSR count). The van der Waals surface area contributed by atoms with E-state index < -0.39 is 24.2 Å². The van der Waals surface area contributed by atoms with Gasteiger partial charge in [0.05, 0.1) is 18.8 Å². The number of methoxy groups -OCH3 is 1. The Bertz CT molecular complexity index is 1120. The van der Waals surface area contributed by atoms with E-state index in [1.54, 1.807) is 30.3 Å². The largest absolute Gasteiger partial charge is 0.497 e. The van der Waals surface area contributed by atoms with Gasteiger partial charge in [0.2, 0.25) is 0 Å². The highest BCUT2D eigenvalue weighted by atomic mass is 35.5. The Labute approximate surface area is 180 Å². The molecule has 31 heavy (non-hydrogen) atoms. The summed E-state index contributed by atoms with van der Waals surface area (Å²) in [5.74, 6) is -0.0726. The second-order valence-electron chi connectivity index (χ2n) is 6.92. The summed E-state index contributed by atoms with van der Waals surface area (Å²) in [5.41, 5.74) is 0.687. The van der Waals surface area contributed by atoms with Gasteiger partial charge in [-0.15, -0.1) is 0 Å². The molecule has 0 unspecified atom stereocenters. The van der Waals surface area contributed by atoms with Crippen molar-refractivity contribution in [2.75, 3.05) is 17.7 Å². The Morgan fingerprint density at radius 3 is 2.81 bits per heavy atom. The Hall–Kier alpha value is -3.27. The highest BCUT2D eigenvalue weighted by Gasteiger charge is 2.46. The Morgan fingerprint density at radius 2 is 2.10 bits per heavy atom. The number of carbonyl (C=O) groups excluding carboxylic acids is 1. The minimum Gasteiger partial charge on any atom is -0.497 e. The zero-order valence-corrected chi connectivity index (χ0v) is 16.9. The van der Waals surface area contributed by atoms with Crippen LogP contribution < -0.4 is 15.4 Å². The lowest BCUT2D eigenvalue weighted by Gasteiger charge is -2.33. The SMILES string of the molecule is COc1cccc([C@@H]2C[C@H](C(F)(F)F)n3nc(C(=O)Nc4cccnc4Cl)cc3N2)c1. The lowest BCUT2D eigenvalue weighted by Crippen LogP contribution is -2.35. The summed E-state index contributed by atoms with van der Waals surface area (Å²) in [6.07, 6.45) is -3.40. The van der Waals surface area contributed by atoms with Crippen molar-refractivity contribution in [1.82, 2.24) is 14.8 Å². The van der Waals surface area contributed by atoms with E-state index in [1.165, 1.54) is 25.4 Å². The molecule has 3 heterocycles. The van der Waals surface area contributed by atoms with Crippen LogP contribution in [0.3, 0.4) is 0 Å². The molecule has 0 aliphatic carbocycles. The van der Waals surface area contributed by atoms with Crippen molar-refractivity contribution < 1.29 is 22.7 Å². The highest BCUT2D eigenvalue weighted by molar-refractivity contribution is 6.32. The number of hydrogen-bond donors (Lipinski definition) is 2. The van der Waals surface area contributed by atoms with Crippen molar-refractivity contribution in [1.29, 1.82) is 0 Å². The van der Waals surface area contributed by atoms with Crippen LogP contribution >= 0.6 is 11.6 Å². The molecular formula is C20H17ClF3N5O2. The molecule has 0 saturated carbocycles. The number of ether oxygens (including phenoxy) is 1. The van der Waals surface area contributed by atoms with Gasteiger partial charge in [0, 0.05) is 18.7 Å². The minimum atomic E-state index is -4.56. The molecule has 162 valence electrons. The standard InChI is InChI=1S/C20H17ClF3N5O2/c1-31-12-5-2-4-11(8-12)14-9-16(20(22,23)24)29-17(26-14)10-15(28-29)19(30)27-13-6-3-7-25-18(13)21/h2-8,10,14,16,26H,9H2,1H3,(H,27,30)/t14-,16+/m0/s1. The third-order valence-corrected chi connectivity index (χ3v) is 5.23. The summed E-state index contributed by atoms with van der Waals surface area (Å²) in [4.78, 5) is 16.4. The number of amides is 1. The fraction of sp³-hybridized carbons (Fsp3) is 0.250. The topological polar surface area (TPSA) is 81.1 Å². The van der Waals surface area contributed by atoms with Crippen molar-refractivity contribution in [2.45, 2.75) is 24.7 Å². The number of anilines is 2. The van der Waals surface area contributed by atoms with E-state index in [0.717, 1.165) is 4.68 Å². The van der Waals surface area contributed by atoms with Crippen LogP contribution in [0.5, 0.6) is 5.75 Å². The fourth-order valence-corrected chi connectivity index (χ4v) is 3.59. The van der Waals surface area contributed by atoms with Gasteiger partial charge in [0.25, 0.3) is 5.91 Å². The zero-order valence-electron chi connectivity index (χ0n) is 16.2. The summed E-state index contributed by atoms with van der Waals surface area (Å²) in [7, 11) is 1.49. The minimum absolute atomic E-state index is 0.0594. The van der Waals surface area contributed by atoms with E-state index in [-0.39, 0.29) is 28.8 Å². The van der Waals surface area contributed by atoms with Gasteiger partial charge in [-0.2, -0.15) is 18.3 Å². The summed E-state index contributed by atoms with van der Waals surface area (Å²) < 4.78 is 47.5. The average Bonchev–Trinajstić information content (AvgIpc) is 3.18. The number of nitrogens with zero attached hydrogens (tertiary/aromatic N) is 3. The first-order valence-electron chi connectivity index (χ1n) is 9.25. The molecule has 0 bridgehead atoms.